The van der Waals surface area contributed by atoms with Crippen LogP contribution in [0.3, 0.4) is 0 Å². The molecule has 0 aliphatic carbocycles. The van der Waals surface area contributed by atoms with Crippen LogP contribution in [0, 0.1) is 17.2 Å². The quantitative estimate of drug-likeness (QED) is 0.523. The van der Waals surface area contributed by atoms with Crippen LogP contribution >= 0.6 is 0 Å². The molecule has 168 valence electrons. The molecule has 1 saturated heterocycles. The van der Waals surface area contributed by atoms with Crippen LogP contribution in [0.2, 0.25) is 0 Å². The smallest absolute Gasteiger partial charge is 0.191 e. The standard InChI is InChI=1S/C24H33FN4O2/c1-24(2,3)22-18(7-6-12-30-22)15-29-23(26-4)28-14-17-9-10-21(20(25)13-17)31-19-8-5-11-27-16-19/h5,8-11,13,16,18,22H,6-7,12,14-15H2,1-4H3,(H2,26,28,29). The molecule has 2 heterocycles. The van der Waals surface area contributed by atoms with Gasteiger partial charge in [0.2, 0.25) is 0 Å². The van der Waals surface area contributed by atoms with Crippen LogP contribution in [-0.2, 0) is 11.3 Å². The number of hydrogen-bond donors (Lipinski definition) is 2. The Morgan fingerprint density at radius 3 is 2.81 bits per heavy atom. The second-order valence-electron chi connectivity index (χ2n) is 8.92. The fourth-order valence-electron chi connectivity index (χ4n) is 3.92. The van der Waals surface area contributed by atoms with Crippen molar-refractivity contribution in [2.75, 3.05) is 20.2 Å². The monoisotopic (exact) mass is 428 g/mol. The Kier molecular flexibility index (Phi) is 7.85. The lowest BCUT2D eigenvalue weighted by Gasteiger charge is -2.40. The van der Waals surface area contributed by atoms with Crippen LogP contribution in [0.25, 0.3) is 0 Å². The second-order valence-corrected chi connectivity index (χ2v) is 8.92. The second kappa shape index (κ2) is 10.6. The molecule has 2 atom stereocenters. The van der Waals surface area contributed by atoms with E-state index in [1.54, 1.807) is 37.6 Å². The van der Waals surface area contributed by atoms with Gasteiger partial charge in [-0.2, -0.15) is 0 Å². The molecule has 0 radical (unpaired) electrons. The average Bonchev–Trinajstić information content (AvgIpc) is 2.76. The summed E-state index contributed by atoms with van der Waals surface area (Å²) in [5.74, 6) is 1.36. The average molecular weight is 429 g/mol. The molecule has 31 heavy (non-hydrogen) atoms. The van der Waals surface area contributed by atoms with Gasteiger partial charge in [0.1, 0.15) is 5.75 Å². The lowest BCUT2D eigenvalue weighted by molar-refractivity contribution is -0.0835. The predicted octanol–water partition coefficient (Wildman–Crippen LogP) is 4.52. The Morgan fingerprint density at radius 2 is 2.13 bits per heavy atom. The summed E-state index contributed by atoms with van der Waals surface area (Å²) >= 11 is 0. The van der Waals surface area contributed by atoms with Crippen molar-refractivity contribution < 1.29 is 13.9 Å². The van der Waals surface area contributed by atoms with Crippen molar-refractivity contribution in [3.63, 3.8) is 0 Å². The van der Waals surface area contributed by atoms with Gasteiger partial charge >= 0.3 is 0 Å². The Bertz CT molecular complexity index is 868. The summed E-state index contributed by atoms with van der Waals surface area (Å²) < 4.78 is 26.1. The summed E-state index contributed by atoms with van der Waals surface area (Å²) in [5.41, 5.74) is 0.897. The van der Waals surface area contributed by atoms with Crippen LogP contribution in [0.1, 0.15) is 39.2 Å². The Balaban J connectivity index is 1.53. The summed E-state index contributed by atoms with van der Waals surface area (Å²) in [4.78, 5) is 8.27. The van der Waals surface area contributed by atoms with Crippen LogP contribution in [0.4, 0.5) is 4.39 Å². The third kappa shape index (κ3) is 6.66. The lowest BCUT2D eigenvalue weighted by Crippen LogP contribution is -2.47. The first-order chi connectivity index (χ1) is 14.9. The van der Waals surface area contributed by atoms with Gasteiger partial charge in [-0.1, -0.05) is 26.8 Å². The number of benzene rings is 1. The molecule has 2 N–H and O–H groups in total. The fourth-order valence-corrected chi connectivity index (χ4v) is 3.92. The van der Waals surface area contributed by atoms with E-state index in [2.05, 4.69) is 41.4 Å². The molecule has 0 spiro atoms. The molecule has 2 unspecified atom stereocenters. The van der Waals surface area contributed by atoms with Gasteiger partial charge in [0.25, 0.3) is 0 Å². The maximum Gasteiger partial charge on any atom is 0.191 e. The van der Waals surface area contributed by atoms with Gasteiger partial charge in [-0.25, -0.2) is 4.39 Å². The van der Waals surface area contributed by atoms with Crippen molar-refractivity contribution in [1.29, 1.82) is 0 Å². The number of halogens is 1. The van der Waals surface area contributed by atoms with Crippen LogP contribution in [0.5, 0.6) is 11.5 Å². The van der Waals surface area contributed by atoms with E-state index in [1.807, 2.05) is 6.07 Å². The maximum absolute atomic E-state index is 14.5. The molecular weight excluding hydrogens is 395 g/mol. The summed E-state index contributed by atoms with van der Waals surface area (Å²) in [6, 6.07) is 8.41. The zero-order valence-corrected chi connectivity index (χ0v) is 18.8. The van der Waals surface area contributed by atoms with Crippen molar-refractivity contribution in [2.45, 2.75) is 46.3 Å². The zero-order chi connectivity index (χ0) is 22.3. The van der Waals surface area contributed by atoms with Gasteiger partial charge in [0, 0.05) is 38.9 Å². The van der Waals surface area contributed by atoms with Gasteiger partial charge in [0.05, 0.1) is 12.3 Å². The molecule has 1 aromatic heterocycles. The van der Waals surface area contributed by atoms with E-state index in [0.717, 1.165) is 31.6 Å². The molecule has 0 saturated carbocycles. The van der Waals surface area contributed by atoms with E-state index in [-0.39, 0.29) is 17.3 Å². The molecule has 2 aromatic rings. The van der Waals surface area contributed by atoms with Gasteiger partial charge in [0.15, 0.2) is 17.5 Å². The highest BCUT2D eigenvalue weighted by molar-refractivity contribution is 5.79. The van der Waals surface area contributed by atoms with Crippen LogP contribution in [0.15, 0.2) is 47.7 Å². The highest BCUT2D eigenvalue weighted by atomic mass is 19.1. The third-order valence-electron chi connectivity index (χ3n) is 5.37. The molecule has 6 nitrogen and oxygen atoms in total. The minimum Gasteiger partial charge on any atom is -0.453 e. The molecule has 1 aromatic carbocycles. The number of guanidine groups is 1. The first-order valence-corrected chi connectivity index (χ1v) is 10.8. The van der Waals surface area contributed by atoms with E-state index in [0.29, 0.717) is 24.2 Å². The van der Waals surface area contributed by atoms with E-state index >= 15 is 0 Å². The Hall–Kier alpha value is -2.67. The normalized spacial score (nSPS) is 19.7. The number of nitrogens with one attached hydrogen (secondary N) is 2. The number of pyridine rings is 1. The molecular formula is C24H33FN4O2. The van der Waals surface area contributed by atoms with E-state index < -0.39 is 5.82 Å². The van der Waals surface area contributed by atoms with Gasteiger partial charge in [-0.3, -0.25) is 9.98 Å². The number of ether oxygens (including phenoxy) is 2. The first kappa shape index (κ1) is 23.0. The number of nitrogens with zero attached hydrogens (tertiary/aromatic N) is 2. The fraction of sp³-hybridized carbons (Fsp3) is 0.500. The van der Waals surface area contributed by atoms with E-state index in [4.69, 9.17) is 9.47 Å². The van der Waals surface area contributed by atoms with Crippen molar-refractivity contribution in [2.24, 2.45) is 16.3 Å². The minimum absolute atomic E-state index is 0.0981. The highest BCUT2D eigenvalue weighted by Crippen LogP contribution is 2.33. The summed E-state index contributed by atoms with van der Waals surface area (Å²) in [5, 5.41) is 6.66. The number of rotatable bonds is 6. The van der Waals surface area contributed by atoms with Crippen LogP contribution < -0.4 is 15.4 Å². The SMILES string of the molecule is CN=C(NCc1ccc(Oc2cccnc2)c(F)c1)NCC1CCCOC1C(C)(C)C. The summed E-state index contributed by atoms with van der Waals surface area (Å²) in [6.45, 7) is 8.73. The maximum atomic E-state index is 14.5. The van der Waals surface area contributed by atoms with Crippen molar-refractivity contribution in [1.82, 2.24) is 15.6 Å². The Morgan fingerprint density at radius 1 is 1.29 bits per heavy atom. The predicted molar refractivity (Wildman–Crippen MR) is 121 cm³/mol. The summed E-state index contributed by atoms with van der Waals surface area (Å²) in [7, 11) is 1.74. The first-order valence-electron chi connectivity index (χ1n) is 10.8. The molecule has 0 bridgehead atoms. The van der Waals surface area contributed by atoms with Gasteiger partial charge in [-0.05, 0) is 48.1 Å². The summed E-state index contributed by atoms with van der Waals surface area (Å²) in [6.07, 6.45) is 5.62. The molecule has 1 fully saturated rings. The number of aliphatic imine (C=N–C) groups is 1. The van der Waals surface area contributed by atoms with Crippen molar-refractivity contribution in [3.05, 3.63) is 54.1 Å². The largest absolute Gasteiger partial charge is 0.453 e. The van der Waals surface area contributed by atoms with Gasteiger partial charge < -0.3 is 20.1 Å². The third-order valence-corrected chi connectivity index (χ3v) is 5.37. The van der Waals surface area contributed by atoms with E-state index in [9.17, 15) is 4.39 Å². The molecule has 1 aliphatic heterocycles. The van der Waals surface area contributed by atoms with E-state index in [1.165, 1.54) is 6.07 Å². The molecule has 1 aliphatic rings. The Labute approximate surface area is 184 Å². The van der Waals surface area contributed by atoms with Gasteiger partial charge in [-0.15, -0.1) is 0 Å². The molecule has 3 rings (SSSR count). The minimum atomic E-state index is -0.418. The zero-order valence-electron chi connectivity index (χ0n) is 18.8. The molecule has 0 amide bonds. The van der Waals surface area contributed by atoms with Crippen molar-refractivity contribution >= 4 is 5.96 Å². The van der Waals surface area contributed by atoms with Crippen LogP contribution in [-0.4, -0.2) is 37.2 Å². The number of hydrogen-bond acceptors (Lipinski definition) is 4. The molecule has 7 heteroatoms. The topological polar surface area (TPSA) is 67.8 Å². The number of aromatic nitrogens is 1. The highest BCUT2D eigenvalue weighted by Gasteiger charge is 2.35. The van der Waals surface area contributed by atoms with Crippen molar-refractivity contribution in [3.8, 4) is 11.5 Å². The lowest BCUT2D eigenvalue weighted by atomic mass is 9.78.